The van der Waals surface area contributed by atoms with Crippen LogP contribution in [0.5, 0.6) is 0 Å². The zero-order chi connectivity index (χ0) is 14.5. The van der Waals surface area contributed by atoms with E-state index in [0.717, 1.165) is 25.7 Å². The van der Waals surface area contributed by atoms with Crippen molar-refractivity contribution in [2.24, 2.45) is 10.9 Å². The lowest BCUT2D eigenvalue weighted by atomic mass is 10.2. The van der Waals surface area contributed by atoms with Gasteiger partial charge in [-0.15, -0.1) is 11.8 Å². The molecule has 0 saturated heterocycles. The van der Waals surface area contributed by atoms with Crippen molar-refractivity contribution in [3.8, 4) is 0 Å². The van der Waals surface area contributed by atoms with Crippen molar-refractivity contribution >= 4 is 45.1 Å². The van der Waals surface area contributed by atoms with Gasteiger partial charge in [-0.3, -0.25) is 0 Å². The van der Waals surface area contributed by atoms with E-state index >= 15 is 0 Å². The zero-order valence-electron chi connectivity index (χ0n) is 10.4. The van der Waals surface area contributed by atoms with Crippen molar-refractivity contribution < 1.29 is 5.21 Å². The topological polar surface area (TPSA) is 58.6 Å². The predicted octanol–water partition coefficient (Wildman–Crippen LogP) is 4.49. The van der Waals surface area contributed by atoms with Gasteiger partial charge in [-0.05, 0) is 45.8 Å². The summed E-state index contributed by atoms with van der Waals surface area (Å²) in [5, 5.41) is 12.7. The highest BCUT2D eigenvalue weighted by Gasteiger charge is 2.11. The van der Waals surface area contributed by atoms with E-state index in [1.165, 1.54) is 0 Å². The molecule has 3 nitrogen and oxygen atoms in total. The maximum Gasteiger partial charge on any atom is 0.172 e. The first kappa shape index (κ1) is 15.2. The van der Waals surface area contributed by atoms with Crippen molar-refractivity contribution in [1.29, 1.82) is 0 Å². The van der Waals surface area contributed by atoms with E-state index in [1.54, 1.807) is 11.8 Å². The molecule has 0 aliphatic rings. The largest absolute Gasteiger partial charge is 0.409 e. The molecule has 2 rings (SSSR count). The van der Waals surface area contributed by atoms with Crippen LogP contribution < -0.4 is 5.73 Å². The van der Waals surface area contributed by atoms with Gasteiger partial charge in [0.05, 0.1) is 0 Å². The Hall–Kier alpha value is -1.17. The molecule has 20 heavy (non-hydrogen) atoms. The lowest BCUT2D eigenvalue weighted by Crippen LogP contribution is -2.15. The maximum absolute atomic E-state index is 8.87. The first-order valence-corrected chi connectivity index (χ1v) is 7.91. The molecule has 0 aliphatic carbocycles. The summed E-state index contributed by atoms with van der Waals surface area (Å²) in [7, 11) is 0. The number of oxime groups is 1. The second kappa shape index (κ2) is 7.02. The standard InChI is InChI=1S/C14H12BrClN2OS/c15-11-2-1-3-12(13(11)14(17)18-19)20-8-9-4-6-10(16)7-5-9/h1-7,19H,8H2,(H2,17,18). The van der Waals surface area contributed by atoms with Gasteiger partial charge >= 0.3 is 0 Å². The molecular weight excluding hydrogens is 360 g/mol. The SMILES string of the molecule is N/C(=N/O)c1c(Br)cccc1SCc1ccc(Cl)cc1. The van der Waals surface area contributed by atoms with E-state index in [9.17, 15) is 0 Å². The number of amidine groups is 1. The van der Waals surface area contributed by atoms with Crippen LogP contribution in [0.3, 0.4) is 0 Å². The van der Waals surface area contributed by atoms with E-state index in [2.05, 4.69) is 21.1 Å². The van der Waals surface area contributed by atoms with Crippen LogP contribution in [0, 0.1) is 0 Å². The lowest BCUT2D eigenvalue weighted by Gasteiger charge is -2.10. The molecular formula is C14H12BrClN2OS. The Morgan fingerprint density at radius 2 is 1.95 bits per heavy atom. The molecule has 6 heteroatoms. The van der Waals surface area contributed by atoms with Gasteiger partial charge in [0.25, 0.3) is 0 Å². The van der Waals surface area contributed by atoms with Gasteiger partial charge in [0.15, 0.2) is 5.84 Å². The Balaban J connectivity index is 2.21. The highest BCUT2D eigenvalue weighted by atomic mass is 79.9. The van der Waals surface area contributed by atoms with Crippen LogP contribution in [0.15, 0.2) is 57.0 Å². The number of rotatable bonds is 4. The van der Waals surface area contributed by atoms with Gasteiger partial charge in [-0.2, -0.15) is 0 Å². The van der Waals surface area contributed by atoms with Crippen LogP contribution in [-0.2, 0) is 5.75 Å². The highest BCUT2D eigenvalue weighted by Crippen LogP contribution is 2.31. The molecule has 2 aromatic carbocycles. The lowest BCUT2D eigenvalue weighted by molar-refractivity contribution is 0.318. The Morgan fingerprint density at radius 3 is 2.60 bits per heavy atom. The first-order valence-electron chi connectivity index (χ1n) is 5.75. The predicted molar refractivity (Wildman–Crippen MR) is 87.7 cm³/mol. The molecule has 0 aromatic heterocycles. The van der Waals surface area contributed by atoms with E-state index in [-0.39, 0.29) is 5.84 Å². The minimum absolute atomic E-state index is 0.0936. The third-order valence-electron chi connectivity index (χ3n) is 2.65. The van der Waals surface area contributed by atoms with Gasteiger partial charge < -0.3 is 10.9 Å². The number of benzene rings is 2. The Bertz CT molecular complexity index is 632. The molecule has 0 unspecified atom stereocenters. The van der Waals surface area contributed by atoms with Crippen molar-refractivity contribution in [3.63, 3.8) is 0 Å². The van der Waals surface area contributed by atoms with Crippen LogP contribution in [0.25, 0.3) is 0 Å². The van der Waals surface area contributed by atoms with Crippen LogP contribution in [-0.4, -0.2) is 11.0 Å². The second-order valence-electron chi connectivity index (χ2n) is 4.01. The van der Waals surface area contributed by atoms with E-state index in [1.807, 2.05) is 42.5 Å². The molecule has 2 aromatic rings. The normalized spacial score (nSPS) is 11.6. The molecule has 3 N–H and O–H groups in total. The first-order chi connectivity index (χ1) is 9.61. The molecule has 0 spiro atoms. The monoisotopic (exact) mass is 370 g/mol. The fourth-order valence-corrected chi connectivity index (χ4v) is 3.54. The molecule has 0 atom stereocenters. The van der Waals surface area contributed by atoms with Crippen molar-refractivity contribution in [3.05, 3.63) is 63.1 Å². The average Bonchev–Trinajstić information content (AvgIpc) is 2.46. The summed E-state index contributed by atoms with van der Waals surface area (Å²) in [5.74, 6) is 0.871. The third kappa shape index (κ3) is 3.69. The molecule has 0 aliphatic heterocycles. The van der Waals surface area contributed by atoms with Crippen molar-refractivity contribution in [1.82, 2.24) is 0 Å². The van der Waals surface area contributed by atoms with Crippen molar-refractivity contribution in [2.45, 2.75) is 10.6 Å². The number of halogens is 2. The Morgan fingerprint density at radius 1 is 1.25 bits per heavy atom. The van der Waals surface area contributed by atoms with Crippen LogP contribution in [0.2, 0.25) is 5.02 Å². The van der Waals surface area contributed by atoms with Crippen LogP contribution in [0.1, 0.15) is 11.1 Å². The van der Waals surface area contributed by atoms with Gasteiger partial charge in [-0.1, -0.05) is 35.0 Å². The summed E-state index contributed by atoms with van der Waals surface area (Å²) < 4.78 is 0.800. The van der Waals surface area contributed by atoms with Gasteiger partial charge in [0, 0.05) is 25.7 Å². The molecule has 0 saturated carbocycles. The number of nitrogens with zero attached hydrogens (tertiary/aromatic N) is 1. The number of hydrogen-bond acceptors (Lipinski definition) is 3. The molecule has 0 fully saturated rings. The molecule has 0 heterocycles. The quantitative estimate of drug-likeness (QED) is 0.274. The zero-order valence-corrected chi connectivity index (χ0v) is 13.5. The Labute approximate surface area is 134 Å². The highest BCUT2D eigenvalue weighted by molar-refractivity contribution is 9.10. The summed E-state index contributed by atoms with van der Waals surface area (Å²) in [6.07, 6.45) is 0. The summed E-state index contributed by atoms with van der Waals surface area (Å²) in [4.78, 5) is 0.949. The van der Waals surface area contributed by atoms with Gasteiger partial charge in [0.1, 0.15) is 0 Å². The van der Waals surface area contributed by atoms with E-state index in [0.29, 0.717) is 5.56 Å². The molecule has 0 bridgehead atoms. The van der Waals surface area contributed by atoms with E-state index in [4.69, 9.17) is 22.5 Å². The maximum atomic E-state index is 8.87. The van der Waals surface area contributed by atoms with Gasteiger partial charge in [-0.25, -0.2) is 0 Å². The number of hydrogen-bond donors (Lipinski definition) is 2. The minimum atomic E-state index is 0.0936. The fraction of sp³-hybridized carbons (Fsp3) is 0.0714. The van der Waals surface area contributed by atoms with Crippen LogP contribution >= 0.6 is 39.3 Å². The minimum Gasteiger partial charge on any atom is -0.409 e. The number of thioether (sulfide) groups is 1. The number of nitrogens with two attached hydrogens (primary N) is 1. The fourth-order valence-electron chi connectivity index (χ4n) is 1.66. The molecule has 0 amide bonds. The summed E-state index contributed by atoms with van der Waals surface area (Å²) in [5.41, 5.74) is 7.58. The van der Waals surface area contributed by atoms with E-state index < -0.39 is 0 Å². The van der Waals surface area contributed by atoms with Crippen LogP contribution in [0.4, 0.5) is 0 Å². The summed E-state index contributed by atoms with van der Waals surface area (Å²) in [6.45, 7) is 0. The molecule has 0 radical (unpaired) electrons. The summed E-state index contributed by atoms with van der Waals surface area (Å²) >= 11 is 10.9. The van der Waals surface area contributed by atoms with Crippen molar-refractivity contribution in [2.75, 3.05) is 0 Å². The summed E-state index contributed by atoms with van der Waals surface area (Å²) in [6, 6.07) is 13.4. The van der Waals surface area contributed by atoms with Gasteiger partial charge in [0.2, 0.25) is 0 Å². The molecule has 104 valence electrons. The smallest absolute Gasteiger partial charge is 0.172 e. The Kier molecular flexibility index (Phi) is 5.34. The third-order valence-corrected chi connectivity index (χ3v) is 4.69. The second-order valence-corrected chi connectivity index (χ2v) is 6.32. The average molecular weight is 372 g/mol.